The highest BCUT2D eigenvalue weighted by molar-refractivity contribution is 7.18. The molecule has 0 radical (unpaired) electrons. The first-order valence-corrected chi connectivity index (χ1v) is 11.4. The Labute approximate surface area is 176 Å². The van der Waals surface area contributed by atoms with E-state index in [0.29, 0.717) is 12.0 Å². The molecule has 1 aliphatic carbocycles. The molecular weight excluding hydrogens is 382 g/mol. The summed E-state index contributed by atoms with van der Waals surface area (Å²) in [6.07, 6.45) is 10.9. The Morgan fingerprint density at radius 1 is 1.38 bits per heavy atom. The van der Waals surface area contributed by atoms with Crippen molar-refractivity contribution in [3.8, 4) is 0 Å². The van der Waals surface area contributed by atoms with Crippen LogP contribution < -0.4 is 5.56 Å². The van der Waals surface area contributed by atoms with Crippen LogP contribution in [0.3, 0.4) is 0 Å². The smallest absolute Gasteiger partial charge is 0.262 e. The van der Waals surface area contributed by atoms with Crippen LogP contribution in [0.2, 0.25) is 0 Å². The van der Waals surface area contributed by atoms with Crippen molar-refractivity contribution < 1.29 is 0 Å². The molecule has 3 heterocycles. The fraction of sp³-hybridized carbons (Fsp3) is 0.591. The normalized spacial score (nSPS) is 16.8. The third kappa shape index (κ3) is 4.31. The van der Waals surface area contributed by atoms with Crippen molar-refractivity contribution in [1.82, 2.24) is 24.2 Å². The lowest BCUT2D eigenvalue weighted by molar-refractivity contribution is 0.226. The van der Waals surface area contributed by atoms with E-state index in [0.717, 1.165) is 55.4 Å². The van der Waals surface area contributed by atoms with Gasteiger partial charge in [0, 0.05) is 37.3 Å². The Bertz CT molecular complexity index is 1050. The molecule has 3 aromatic rings. The third-order valence-corrected chi connectivity index (χ3v) is 7.25. The minimum atomic E-state index is 0.150. The standard InChI is InChI=1S/C22H31N5OS/c1-15(2)7-10-27-14-23-21-20(22(27)28)18-6-5-17(11-19(18)29-21)25(3)9-8-16-12-24-26(4)13-16/h12-15,17H,5-11H2,1-4H3. The molecule has 0 aliphatic heterocycles. The van der Waals surface area contributed by atoms with Gasteiger partial charge in [0.2, 0.25) is 0 Å². The van der Waals surface area contributed by atoms with Crippen LogP contribution in [-0.4, -0.2) is 43.9 Å². The molecule has 0 N–H and O–H groups in total. The van der Waals surface area contributed by atoms with E-state index in [1.807, 2.05) is 17.9 Å². The van der Waals surface area contributed by atoms with Crippen molar-refractivity contribution in [1.29, 1.82) is 0 Å². The van der Waals surface area contributed by atoms with E-state index in [1.54, 1.807) is 22.2 Å². The maximum absolute atomic E-state index is 13.1. The molecule has 7 heteroatoms. The second kappa shape index (κ2) is 8.40. The predicted molar refractivity (Wildman–Crippen MR) is 119 cm³/mol. The fourth-order valence-electron chi connectivity index (χ4n) is 4.21. The highest BCUT2D eigenvalue weighted by Gasteiger charge is 2.27. The molecule has 0 bridgehead atoms. The molecule has 1 aliphatic rings. The lowest BCUT2D eigenvalue weighted by Crippen LogP contribution is -2.37. The zero-order valence-electron chi connectivity index (χ0n) is 17.9. The summed E-state index contributed by atoms with van der Waals surface area (Å²) in [7, 11) is 4.18. The molecule has 6 nitrogen and oxygen atoms in total. The predicted octanol–water partition coefficient (Wildman–Crippen LogP) is 3.27. The van der Waals surface area contributed by atoms with E-state index in [1.165, 1.54) is 16.0 Å². The number of thiophene rings is 1. The number of nitrogens with zero attached hydrogens (tertiary/aromatic N) is 5. The maximum Gasteiger partial charge on any atom is 0.262 e. The minimum Gasteiger partial charge on any atom is -0.303 e. The largest absolute Gasteiger partial charge is 0.303 e. The van der Waals surface area contributed by atoms with Gasteiger partial charge in [0.05, 0.1) is 17.9 Å². The number of aromatic nitrogens is 4. The van der Waals surface area contributed by atoms with Gasteiger partial charge in [-0.15, -0.1) is 11.3 Å². The van der Waals surface area contributed by atoms with Crippen molar-refractivity contribution >= 4 is 21.6 Å². The lowest BCUT2D eigenvalue weighted by Gasteiger charge is -2.31. The Morgan fingerprint density at radius 3 is 2.93 bits per heavy atom. The van der Waals surface area contributed by atoms with Gasteiger partial charge in [-0.1, -0.05) is 13.8 Å². The fourth-order valence-corrected chi connectivity index (χ4v) is 5.45. The highest BCUT2D eigenvalue weighted by Crippen LogP contribution is 2.34. The number of rotatable bonds is 7. The first-order chi connectivity index (χ1) is 13.9. The van der Waals surface area contributed by atoms with Gasteiger partial charge in [0.15, 0.2) is 0 Å². The molecule has 1 unspecified atom stereocenters. The molecule has 0 aromatic carbocycles. The molecule has 1 atom stereocenters. The minimum absolute atomic E-state index is 0.150. The highest BCUT2D eigenvalue weighted by atomic mass is 32.1. The SMILES string of the molecule is CC(C)CCn1cnc2sc3c(c2c1=O)CCC(N(C)CCc1cnn(C)c1)C3. The quantitative estimate of drug-likeness (QED) is 0.597. The summed E-state index contributed by atoms with van der Waals surface area (Å²) in [6.45, 7) is 6.16. The summed E-state index contributed by atoms with van der Waals surface area (Å²) in [6, 6.07) is 0.524. The van der Waals surface area contributed by atoms with E-state index in [-0.39, 0.29) is 5.56 Å². The molecule has 0 amide bonds. The van der Waals surface area contributed by atoms with Gasteiger partial charge in [0.25, 0.3) is 5.56 Å². The Balaban J connectivity index is 1.49. The number of aryl methyl sites for hydroxylation is 3. The topological polar surface area (TPSA) is 56.0 Å². The average molecular weight is 414 g/mol. The molecule has 4 rings (SSSR count). The zero-order chi connectivity index (χ0) is 20.5. The van der Waals surface area contributed by atoms with Crippen LogP contribution in [0.5, 0.6) is 0 Å². The van der Waals surface area contributed by atoms with Gasteiger partial charge in [-0.2, -0.15) is 5.10 Å². The van der Waals surface area contributed by atoms with Gasteiger partial charge in [-0.05, 0) is 56.2 Å². The Morgan fingerprint density at radius 2 is 2.21 bits per heavy atom. The summed E-state index contributed by atoms with van der Waals surface area (Å²) >= 11 is 1.72. The molecule has 0 fully saturated rings. The maximum atomic E-state index is 13.1. The van der Waals surface area contributed by atoms with Crippen LogP contribution in [-0.2, 0) is 32.9 Å². The second-order valence-electron chi connectivity index (χ2n) is 8.76. The van der Waals surface area contributed by atoms with Crippen molar-refractivity contribution in [3.05, 3.63) is 45.1 Å². The lowest BCUT2D eigenvalue weighted by atomic mass is 9.92. The van der Waals surface area contributed by atoms with Crippen molar-refractivity contribution in [2.45, 2.75) is 58.5 Å². The van der Waals surface area contributed by atoms with Gasteiger partial charge < -0.3 is 4.90 Å². The first-order valence-electron chi connectivity index (χ1n) is 10.6. The summed E-state index contributed by atoms with van der Waals surface area (Å²) < 4.78 is 3.67. The summed E-state index contributed by atoms with van der Waals surface area (Å²) in [5, 5.41) is 5.14. The zero-order valence-corrected chi connectivity index (χ0v) is 18.7. The van der Waals surface area contributed by atoms with E-state index < -0.39 is 0 Å². The molecule has 0 saturated heterocycles. The van der Waals surface area contributed by atoms with Crippen LogP contribution in [0.15, 0.2) is 23.5 Å². The molecule has 0 saturated carbocycles. The van der Waals surface area contributed by atoms with Gasteiger partial charge in [-0.3, -0.25) is 14.0 Å². The van der Waals surface area contributed by atoms with Crippen LogP contribution in [0.4, 0.5) is 0 Å². The van der Waals surface area contributed by atoms with Crippen LogP contribution in [0.1, 0.15) is 42.7 Å². The number of fused-ring (bicyclic) bond motifs is 3. The molecule has 3 aromatic heterocycles. The molecule has 29 heavy (non-hydrogen) atoms. The van der Waals surface area contributed by atoms with Gasteiger partial charge in [0.1, 0.15) is 4.83 Å². The van der Waals surface area contributed by atoms with E-state index >= 15 is 0 Å². The van der Waals surface area contributed by atoms with E-state index in [4.69, 9.17) is 0 Å². The summed E-state index contributed by atoms with van der Waals surface area (Å²) in [5.74, 6) is 0.581. The van der Waals surface area contributed by atoms with Crippen LogP contribution in [0, 0.1) is 5.92 Å². The van der Waals surface area contributed by atoms with E-state index in [2.05, 4.69) is 42.1 Å². The molecule has 0 spiro atoms. The van der Waals surface area contributed by atoms with Gasteiger partial charge in [-0.25, -0.2) is 4.98 Å². The number of hydrogen-bond donors (Lipinski definition) is 0. The Kier molecular flexibility index (Phi) is 5.88. The average Bonchev–Trinajstić information content (AvgIpc) is 3.28. The first kappa shape index (κ1) is 20.3. The van der Waals surface area contributed by atoms with Gasteiger partial charge >= 0.3 is 0 Å². The molecule has 156 valence electrons. The summed E-state index contributed by atoms with van der Waals surface area (Å²) in [4.78, 5) is 22.4. The number of hydrogen-bond acceptors (Lipinski definition) is 5. The molecular formula is C22H31N5OS. The Hall–Kier alpha value is -1.99. The summed E-state index contributed by atoms with van der Waals surface area (Å²) in [5.41, 5.74) is 2.69. The second-order valence-corrected chi connectivity index (χ2v) is 9.84. The van der Waals surface area contributed by atoms with Crippen LogP contribution in [0.25, 0.3) is 10.2 Å². The number of likely N-dealkylation sites (N-methyl/N-ethyl adjacent to an activating group) is 1. The van der Waals surface area contributed by atoms with Crippen LogP contribution >= 0.6 is 11.3 Å². The van der Waals surface area contributed by atoms with Crippen molar-refractivity contribution in [2.75, 3.05) is 13.6 Å². The van der Waals surface area contributed by atoms with E-state index in [9.17, 15) is 4.79 Å². The van der Waals surface area contributed by atoms with Crippen molar-refractivity contribution in [3.63, 3.8) is 0 Å². The van der Waals surface area contributed by atoms with Crippen molar-refractivity contribution in [2.24, 2.45) is 13.0 Å². The third-order valence-electron chi connectivity index (χ3n) is 6.09. The monoisotopic (exact) mass is 413 g/mol.